The molecule has 4 aromatic rings. The molecule has 8 heteroatoms. The maximum atomic E-state index is 11.6. The van der Waals surface area contributed by atoms with Gasteiger partial charge in [-0.1, -0.05) is 48.5 Å². The number of H-pyrrole nitrogens is 1. The Kier molecular flexibility index (Phi) is 4.39. The first kappa shape index (κ1) is 16.9. The van der Waals surface area contributed by atoms with Gasteiger partial charge in [-0.05, 0) is 24.4 Å². The molecule has 2 aromatic carbocycles. The summed E-state index contributed by atoms with van der Waals surface area (Å²) in [6.45, 7) is 1.42. The van der Waals surface area contributed by atoms with E-state index in [1.807, 2.05) is 66.9 Å². The van der Waals surface area contributed by atoms with Crippen molar-refractivity contribution in [3.8, 4) is 28.3 Å². The maximum absolute atomic E-state index is 11.6. The number of rotatable bonds is 4. The molecule has 0 bridgehead atoms. The largest absolute Gasteiger partial charge is 0.274 e. The summed E-state index contributed by atoms with van der Waals surface area (Å²) in [4.78, 5) is 11.6. The van der Waals surface area contributed by atoms with E-state index in [4.69, 9.17) is 17.3 Å². The molecule has 0 unspecified atom stereocenters. The van der Waals surface area contributed by atoms with Crippen LogP contribution in [-0.4, -0.2) is 30.6 Å². The van der Waals surface area contributed by atoms with Crippen LogP contribution in [0.4, 0.5) is 0 Å². The first-order valence-corrected chi connectivity index (χ1v) is 8.70. The molecule has 0 spiro atoms. The average Bonchev–Trinajstić information content (AvgIpc) is 3.27. The van der Waals surface area contributed by atoms with Crippen molar-refractivity contribution in [3.63, 3.8) is 0 Å². The quantitative estimate of drug-likeness (QED) is 0.534. The Labute approximate surface area is 160 Å². The van der Waals surface area contributed by atoms with E-state index < -0.39 is 0 Å². The number of carbonyl (C=O) groups excluding carboxylic acids is 1. The Bertz CT molecular complexity index is 1140. The van der Waals surface area contributed by atoms with Crippen molar-refractivity contribution in [3.05, 3.63) is 71.6 Å². The Balaban J connectivity index is 1.94. The minimum atomic E-state index is -0.245. The van der Waals surface area contributed by atoms with Crippen LogP contribution in [-0.2, 0) is 4.79 Å². The zero-order valence-electron chi connectivity index (χ0n) is 14.5. The minimum Gasteiger partial charge on any atom is -0.274 e. The second-order valence-electron chi connectivity index (χ2n) is 5.89. The Morgan fingerprint density at radius 2 is 1.74 bits per heavy atom. The van der Waals surface area contributed by atoms with Gasteiger partial charge in [0.15, 0.2) is 5.82 Å². The third-order valence-corrected chi connectivity index (χ3v) is 4.24. The fourth-order valence-corrected chi connectivity index (χ4v) is 2.98. The number of aromatic amines is 1. The first-order valence-electron chi connectivity index (χ1n) is 8.29. The lowest BCUT2D eigenvalue weighted by Crippen LogP contribution is -2.20. The van der Waals surface area contributed by atoms with Gasteiger partial charge >= 0.3 is 0 Å². The second-order valence-corrected chi connectivity index (χ2v) is 6.28. The van der Waals surface area contributed by atoms with Crippen LogP contribution in [0.15, 0.2) is 66.9 Å². The van der Waals surface area contributed by atoms with Crippen molar-refractivity contribution in [1.29, 1.82) is 0 Å². The van der Waals surface area contributed by atoms with Crippen molar-refractivity contribution in [2.24, 2.45) is 0 Å². The molecule has 0 atom stereocenters. The molecule has 0 saturated carbocycles. The highest BCUT2D eigenvalue weighted by molar-refractivity contribution is 7.71. The van der Waals surface area contributed by atoms with E-state index in [1.54, 1.807) is 4.68 Å². The summed E-state index contributed by atoms with van der Waals surface area (Å²) in [5.74, 6) is 0.238. The van der Waals surface area contributed by atoms with Crippen molar-refractivity contribution >= 4 is 18.1 Å². The van der Waals surface area contributed by atoms with Crippen LogP contribution in [0.25, 0.3) is 28.3 Å². The van der Waals surface area contributed by atoms with Gasteiger partial charge < -0.3 is 0 Å². The normalized spacial score (nSPS) is 10.7. The lowest BCUT2D eigenvalue weighted by atomic mass is 10.1. The van der Waals surface area contributed by atoms with Gasteiger partial charge in [-0.15, -0.1) is 0 Å². The van der Waals surface area contributed by atoms with Gasteiger partial charge in [-0.2, -0.15) is 10.2 Å². The van der Waals surface area contributed by atoms with E-state index in [0.29, 0.717) is 10.6 Å². The molecule has 0 aliphatic rings. The average molecular weight is 376 g/mol. The van der Waals surface area contributed by atoms with E-state index >= 15 is 0 Å². The van der Waals surface area contributed by atoms with E-state index in [0.717, 1.165) is 22.5 Å². The number of hydrogen-bond donors (Lipinski definition) is 2. The Hall–Kier alpha value is -3.52. The molecule has 7 nitrogen and oxygen atoms in total. The van der Waals surface area contributed by atoms with Gasteiger partial charge in [0.1, 0.15) is 5.69 Å². The molecule has 0 saturated heterocycles. The SMILES string of the molecule is CC(=O)Nn1c(-c2cn(-c3ccccc3)nc2-c2ccccc2)n[nH]c1=S. The van der Waals surface area contributed by atoms with Crippen LogP contribution < -0.4 is 5.43 Å². The molecule has 2 N–H and O–H groups in total. The number of hydrogen-bond acceptors (Lipinski definition) is 4. The first-order chi connectivity index (χ1) is 13.1. The maximum Gasteiger partial charge on any atom is 0.235 e. The van der Waals surface area contributed by atoms with Gasteiger partial charge in [-0.25, -0.2) is 14.5 Å². The highest BCUT2D eigenvalue weighted by Gasteiger charge is 2.19. The molecular formula is C19H16N6OS. The van der Waals surface area contributed by atoms with Crippen molar-refractivity contribution in [2.75, 3.05) is 5.43 Å². The van der Waals surface area contributed by atoms with Gasteiger partial charge in [0.25, 0.3) is 0 Å². The lowest BCUT2D eigenvalue weighted by Gasteiger charge is -2.06. The molecule has 0 aliphatic carbocycles. The summed E-state index contributed by atoms with van der Waals surface area (Å²) in [7, 11) is 0. The predicted molar refractivity (Wildman–Crippen MR) is 105 cm³/mol. The second kappa shape index (κ2) is 7.00. The zero-order valence-corrected chi connectivity index (χ0v) is 15.3. The van der Waals surface area contributed by atoms with E-state index in [1.165, 1.54) is 11.6 Å². The van der Waals surface area contributed by atoms with E-state index in [2.05, 4.69) is 15.6 Å². The molecule has 0 fully saturated rings. The molecule has 4 rings (SSSR count). The Morgan fingerprint density at radius 3 is 2.41 bits per heavy atom. The van der Waals surface area contributed by atoms with E-state index in [9.17, 15) is 4.79 Å². The van der Waals surface area contributed by atoms with Gasteiger partial charge in [0.2, 0.25) is 10.7 Å². The van der Waals surface area contributed by atoms with Gasteiger partial charge in [0.05, 0.1) is 11.3 Å². The van der Waals surface area contributed by atoms with Crippen LogP contribution >= 0.6 is 12.2 Å². The zero-order chi connectivity index (χ0) is 18.8. The number of para-hydroxylation sites is 1. The van der Waals surface area contributed by atoms with Crippen LogP contribution in [0.3, 0.4) is 0 Å². The summed E-state index contributed by atoms with van der Waals surface area (Å²) < 4.78 is 3.54. The van der Waals surface area contributed by atoms with Gasteiger partial charge in [-0.3, -0.25) is 10.2 Å². The third kappa shape index (κ3) is 3.30. The summed E-state index contributed by atoms with van der Waals surface area (Å²) in [5, 5.41) is 11.8. The fourth-order valence-electron chi connectivity index (χ4n) is 2.80. The van der Waals surface area contributed by atoms with E-state index in [-0.39, 0.29) is 5.91 Å². The number of nitrogens with zero attached hydrogens (tertiary/aromatic N) is 4. The van der Waals surface area contributed by atoms with Crippen molar-refractivity contribution in [1.82, 2.24) is 24.7 Å². The summed E-state index contributed by atoms with van der Waals surface area (Å²) in [5.41, 5.74) is 6.02. The number of benzene rings is 2. The summed E-state index contributed by atoms with van der Waals surface area (Å²) in [6.07, 6.45) is 1.88. The highest BCUT2D eigenvalue weighted by Crippen LogP contribution is 2.30. The Morgan fingerprint density at radius 1 is 1.07 bits per heavy atom. The van der Waals surface area contributed by atoms with Crippen LogP contribution in [0.2, 0.25) is 0 Å². The summed E-state index contributed by atoms with van der Waals surface area (Å²) >= 11 is 5.25. The molecule has 2 heterocycles. The van der Waals surface area contributed by atoms with Gasteiger partial charge in [0, 0.05) is 18.7 Å². The predicted octanol–water partition coefficient (Wildman–Crippen LogP) is 3.55. The minimum absolute atomic E-state index is 0.245. The smallest absolute Gasteiger partial charge is 0.235 e. The molecular weight excluding hydrogens is 360 g/mol. The standard InChI is InChI=1S/C19H16N6OS/c1-13(26)22-25-18(20-21-19(25)27)16-12-24(15-10-6-3-7-11-15)23-17(16)14-8-4-2-5-9-14/h2-12H,1H3,(H,21,27)(H,22,26). The monoisotopic (exact) mass is 376 g/mol. The topological polar surface area (TPSA) is 80.5 Å². The van der Waals surface area contributed by atoms with Crippen LogP contribution in [0, 0.1) is 4.77 Å². The van der Waals surface area contributed by atoms with Crippen molar-refractivity contribution < 1.29 is 4.79 Å². The molecule has 27 heavy (non-hydrogen) atoms. The van der Waals surface area contributed by atoms with Crippen LogP contribution in [0.1, 0.15) is 6.92 Å². The van der Waals surface area contributed by atoms with Crippen molar-refractivity contribution in [2.45, 2.75) is 6.92 Å². The highest BCUT2D eigenvalue weighted by atomic mass is 32.1. The summed E-state index contributed by atoms with van der Waals surface area (Å²) in [6, 6.07) is 19.6. The molecule has 1 amide bonds. The van der Waals surface area contributed by atoms with Crippen LogP contribution in [0.5, 0.6) is 0 Å². The molecule has 134 valence electrons. The molecule has 0 aliphatic heterocycles. The number of aromatic nitrogens is 5. The number of nitrogens with one attached hydrogen (secondary N) is 2. The number of amides is 1. The molecule has 2 aromatic heterocycles. The third-order valence-electron chi connectivity index (χ3n) is 3.96. The lowest BCUT2D eigenvalue weighted by molar-refractivity contribution is -0.115. The number of carbonyl (C=O) groups is 1. The fraction of sp³-hybridized carbons (Fsp3) is 0.0526. The molecule has 0 radical (unpaired) electrons.